The second-order valence-electron chi connectivity index (χ2n) is 7.35. The predicted molar refractivity (Wildman–Crippen MR) is 121 cm³/mol. The van der Waals surface area contributed by atoms with Gasteiger partial charge in [-0.15, -0.1) is 0 Å². The summed E-state index contributed by atoms with van der Waals surface area (Å²) in [6, 6.07) is 28.6. The molecule has 30 heavy (non-hydrogen) atoms. The summed E-state index contributed by atoms with van der Waals surface area (Å²) in [5.74, 6) is 0.796. The normalized spacial score (nSPS) is 10.5. The van der Waals surface area contributed by atoms with Gasteiger partial charge in [0.25, 0.3) is 0 Å². The third kappa shape index (κ3) is 3.81. The zero-order valence-corrected chi connectivity index (χ0v) is 17.3. The Labute approximate surface area is 177 Å². The average molecular weight is 390 g/mol. The molecule has 0 saturated heterocycles. The third-order valence-corrected chi connectivity index (χ3v) is 5.20. The summed E-state index contributed by atoms with van der Waals surface area (Å²) in [6.45, 7) is 4.11. The van der Waals surface area contributed by atoms with Crippen molar-refractivity contribution in [3.05, 3.63) is 95.6 Å². The summed E-state index contributed by atoms with van der Waals surface area (Å²) in [6.07, 6.45) is 0. The molecule has 0 unspecified atom stereocenters. The molecule has 0 radical (unpaired) electrons. The van der Waals surface area contributed by atoms with Crippen LogP contribution in [0.1, 0.15) is 16.7 Å². The van der Waals surface area contributed by atoms with Crippen molar-refractivity contribution in [3.63, 3.8) is 0 Å². The number of nitriles is 1. The Bertz CT molecular complexity index is 1150. The van der Waals surface area contributed by atoms with Gasteiger partial charge in [-0.25, -0.2) is 4.98 Å². The molecule has 3 nitrogen and oxygen atoms in total. The predicted octanol–water partition coefficient (Wildman–Crippen LogP) is 6.58. The van der Waals surface area contributed by atoms with Gasteiger partial charge in [-0.05, 0) is 49.7 Å². The zero-order chi connectivity index (χ0) is 21.1. The van der Waals surface area contributed by atoms with Crippen molar-refractivity contribution in [1.82, 2.24) is 4.98 Å². The molecular formula is C27H22N2O. The minimum absolute atomic E-state index is 0.583. The van der Waals surface area contributed by atoms with Crippen LogP contribution in [0, 0.1) is 25.2 Å². The molecule has 1 heterocycles. The van der Waals surface area contributed by atoms with Gasteiger partial charge in [0, 0.05) is 16.7 Å². The van der Waals surface area contributed by atoms with Crippen LogP contribution in [0.15, 0.2) is 78.9 Å². The van der Waals surface area contributed by atoms with Crippen molar-refractivity contribution in [3.8, 4) is 45.5 Å². The molecule has 0 bridgehead atoms. The Morgan fingerprint density at radius 3 is 1.80 bits per heavy atom. The standard InChI is InChI=1S/C27H22N2O/c1-18-4-8-20(9-5-18)24-16-26(21-12-14-23(30-3)15-13-21)29-27(25(24)17-28)22-10-6-19(2)7-11-22/h4-16H,1-3H3. The van der Waals surface area contributed by atoms with Crippen molar-refractivity contribution in [1.29, 1.82) is 5.26 Å². The number of hydrogen-bond acceptors (Lipinski definition) is 3. The fourth-order valence-electron chi connectivity index (χ4n) is 3.45. The zero-order valence-electron chi connectivity index (χ0n) is 17.3. The number of rotatable bonds is 4. The van der Waals surface area contributed by atoms with E-state index in [1.807, 2.05) is 61.5 Å². The second-order valence-corrected chi connectivity index (χ2v) is 7.35. The van der Waals surface area contributed by atoms with Crippen molar-refractivity contribution in [2.75, 3.05) is 7.11 Å². The van der Waals surface area contributed by atoms with E-state index in [1.165, 1.54) is 11.1 Å². The second kappa shape index (κ2) is 8.23. The molecular weight excluding hydrogens is 368 g/mol. The van der Waals surface area contributed by atoms with E-state index in [1.54, 1.807) is 7.11 Å². The Kier molecular flexibility index (Phi) is 5.32. The first kappa shape index (κ1) is 19.4. The highest BCUT2D eigenvalue weighted by Gasteiger charge is 2.17. The first-order valence-corrected chi connectivity index (χ1v) is 9.82. The maximum absolute atomic E-state index is 10.1. The van der Waals surface area contributed by atoms with Crippen LogP contribution in [0.25, 0.3) is 33.6 Å². The molecule has 3 heteroatoms. The molecule has 1 aromatic heterocycles. The van der Waals surface area contributed by atoms with Crippen LogP contribution in [-0.2, 0) is 0 Å². The first-order chi connectivity index (χ1) is 14.6. The van der Waals surface area contributed by atoms with E-state index in [9.17, 15) is 5.26 Å². The quantitative estimate of drug-likeness (QED) is 0.395. The number of methoxy groups -OCH3 is 1. The van der Waals surface area contributed by atoms with E-state index in [-0.39, 0.29) is 0 Å². The fourth-order valence-corrected chi connectivity index (χ4v) is 3.45. The minimum Gasteiger partial charge on any atom is -0.497 e. The van der Waals surface area contributed by atoms with E-state index in [4.69, 9.17) is 9.72 Å². The lowest BCUT2D eigenvalue weighted by Gasteiger charge is -2.14. The fraction of sp³-hybridized carbons (Fsp3) is 0.111. The van der Waals surface area contributed by atoms with Crippen LogP contribution >= 0.6 is 0 Å². The molecule has 0 amide bonds. The van der Waals surface area contributed by atoms with Gasteiger partial charge in [-0.2, -0.15) is 5.26 Å². The average Bonchev–Trinajstić information content (AvgIpc) is 2.79. The first-order valence-electron chi connectivity index (χ1n) is 9.82. The van der Waals surface area contributed by atoms with E-state index in [2.05, 4.69) is 37.3 Å². The summed E-state index contributed by atoms with van der Waals surface area (Å²) in [5.41, 5.74) is 8.24. The summed E-state index contributed by atoms with van der Waals surface area (Å²) >= 11 is 0. The van der Waals surface area contributed by atoms with E-state index in [0.717, 1.165) is 33.7 Å². The lowest BCUT2D eigenvalue weighted by Crippen LogP contribution is -1.97. The molecule has 0 aliphatic rings. The Morgan fingerprint density at radius 1 is 0.733 bits per heavy atom. The van der Waals surface area contributed by atoms with Gasteiger partial charge in [-0.1, -0.05) is 59.7 Å². The topological polar surface area (TPSA) is 45.9 Å². The number of aromatic nitrogens is 1. The van der Waals surface area contributed by atoms with Crippen LogP contribution in [-0.4, -0.2) is 12.1 Å². The molecule has 3 aromatic carbocycles. The number of pyridine rings is 1. The van der Waals surface area contributed by atoms with Crippen molar-refractivity contribution in [2.24, 2.45) is 0 Å². The molecule has 146 valence electrons. The van der Waals surface area contributed by atoms with Crippen LogP contribution < -0.4 is 4.74 Å². The van der Waals surface area contributed by atoms with Crippen molar-refractivity contribution < 1.29 is 4.74 Å². The third-order valence-electron chi connectivity index (χ3n) is 5.20. The van der Waals surface area contributed by atoms with E-state index < -0.39 is 0 Å². The van der Waals surface area contributed by atoms with Gasteiger partial charge in [0.2, 0.25) is 0 Å². The number of ether oxygens (including phenoxy) is 1. The molecule has 0 fully saturated rings. The van der Waals surface area contributed by atoms with Gasteiger partial charge in [0.1, 0.15) is 11.8 Å². The van der Waals surface area contributed by atoms with Gasteiger partial charge in [-0.3, -0.25) is 0 Å². The molecule has 4 rings (SSSR count). The Balaban J connectivity index is 1.98. The highest BCUT2D eigenvalue weighted by Crippen LogP contribution is 2.35. The van der Waals surface area contributed by atoms with Crippen LogP contribution in [0.4, 0.5) is 0 Å². The molecule has 0 N–H and O–H groups in total. The molecule has 0 aliphatic heterocycles. The van der Waals surface area contributed by atoms with Gasteiger partial charge >= 0.3 is 0 Å². The highest BCUT2D eigenvalue weighted by atomic mass is 16.5. The lowest BCUT2D eigenvalue weighted by molar-refractivity contribution is 0.415. The summed E-state index contributed by atoms with van der Waals surface area (Å²) < 4.78 is 5.29. The number of nitrogens with zero attached hydrogens (tertiary/aromatic N) is 2. The van der Waals surface area contributed by atoms with Crippen molar-refractivity contribution >= 4 is 0 Å². The molecule has 0 spiro atoms. The largest absolute Gasteiger partial charge is 0.497 e. The molecule has 0 aliphatic carbocycles. The van der Waals surface area contributed by atoms with Crippen molar-refractivity contribution in [2.45, 2.75) is 13.8 Å². The Morgan fingerprint density at radius 2 is 1.27 bits per heavy atom. The Hall–Kier alpha value is -3.90. The summed E-state index contributed by atoms with van der Waals surface area (Å²) in [5, 5.41) is 10.1. The number of hydrogen-bond donors (Lipinski definition) is 0. The van der Waals surface area contributed by atoms with Crippen LogP contribution in [0.2, 0.25) is 0 Å². The summed E-state index contributed by atoms with van der Waals surface area (Å²) in [7, 11) is 1.65. The maximum Gasteiger partial charge on any atom is 0.118 e. The monoisotopic (exact) mass is 390 g/mol. The van der Waals surface area contributed by atoms with Gasteiger partial charge in [0.05, 0.1) is 24.1 Å². The number of aryl methyl sites for hydroxylation is 2. The summed E-state index contributed by atoms with van der Waals surface area (Å²) in [4.78, 5) is 4.91. The van der Waals surface area contributed by atoms with Crippen LogP contribution in [0.5, 0.6) is 5.75 Å². The van der Waals surface area contributed by atoms with Gasteiger partial charge < -0.3 is 4.74 Å². The van der Waals surface area contributed by atoms with Gasteiger partial charge in [0.15, 0.2) is 0 Å². The van der Waals surface area contributed by atoms with E-state index >= 15 is 0 Å². The molecule has 0 atom stereocenters. The SMILES string of the molecule is COc1ccc(-c2cc(-c3ccc(C)cc3)c(C#N)c(-c3ccc(C)cc3)n2)cc1. The lowest BCUT2D eigenvalue weighted by atomic mass is 9.93. The van der Waals surface area contributed by atoms with E-state index in [0.29, 0.717) is 11.3 Å². The molecule has 0 saturated carbocycles. The number of benzene rings is 3. The maximum atomic E-state index is 10.1. The minimum atomic E-state index is 0.583. The smallest absolute Gasteiger partial charge is 0.118 e. The van der Waals surface area contributed by atoms with Crippen LogP contribution in [0.3, 0.4) is 0 Å². The highest BCUT2D eigenvalue weighted by molar-refractivity contribution is 5.83. The molecule has 4 aromatic rings.